The predicted octanol–water partition coefficient (Wildman–Crippen LogP) is 2.08. The first kappa shape index (κ1) is 22.6. The third kappa shape index (κ3) is 4.24. The third-order valence-electron chi connectivity index (χ3n) is 5.86. The Morgan fingerprint density at radius 2 is 2.12 bits per heavy atom. The number of nitrogens with one attached hydrogen (secondary N) is 3. The van der Waals surface area contributed by atoms with Gasteiger partial charge in [-0.2, -0.15) is 10.1 Å². The SMILES string of the molecule is C=NN1C(NC)=CC(Nc2cccn([C@H]3C[C@@H]3F)c2=O)=N/C1=C(/C)C(=O)N[C@H]1CCC1(F)F. The van der Waals surface area contributed by atoms with Crippen LogP contribution < -0.4 is 21.5 Å². The number of amides is 1. The van der Waals surface area contributed by atoms with E-state index in [4.69, 9.17) is 0 Å². The van der Waals surface area contributed by atoms with Crippen LogP contribution in [0.5, 0.6) is 0 Å². The van der Waals surface area contributed by atoms with E-state index in [0.29, 0.717) is 5.82 Å². The van der Waals surface area contributed by atoms with Crippen molar-refractivity contribution < 1.29 is 18.0 Å². The zero-order valence-corrected chi connectivity index (χ0v) is 18.1. The van der Waals surface area contributed by atoms with Gasteiger partial charge in [0.1, 0.15) is 23.5 Å². The molecular formula is C21H24F3N7O2. The summed E-state index contributed by atoms with van der Waals surface area (Å²) in [5, 5.41) is 13.2. The largest absolute Gasteiger partial charge is 0.373 e. The zero-order valence-electron chi connectivity index (χ0n) is 18.1. The van der Waals surface area contributed by atoms with E-state index >= 15 is 0 Å². The molecule has 9 nitrogen and oxygen atoms in total. The number of aromatic nitrogens is 1. The first-order valence-electron chi connectivity index (χ1n) is 10.4. The molecule has 4 rings (SSSR count). The minimum Gasteiger partial charge on any atom is -0.373 e. The van der Waals surface area contributed by atoms with Gasteiger partial charge in [-0.1, -0.05) is 0 Å². The van der Waals surface area contributed by atoms with E-state index in [1.807, 2.05) is 0 Å². The zero-order chi connectivity index (χ0) is 23.9. The quantitative estimate of drug-likeness (QED) is 0.443. The Labute approximate surface area is 187 Å². The van der Waals surface area contributed by atoms with Crippen molar-refractivity contribution in [2.45, 2.75) is 50.4 Å². The summed E-state index contributed by atoms with van der Waals surface area (Å²) >= 11 is 0. The molecule has 2 heterocycles. The van der Waals surface area contributed by atoms with Crippen molar-refractivity contribution in [3.63, 3.8) is 0 Å². The van der Waals surface area contributed by atoms with Gasteiger partial charge in [0, 0.05) is 38.9 Å². The van der Waals surface area contributed by atoms with Crippen molar-refractivity contribution in [3.8, 4) is 0 Å². The molecule has 0 unspecified atom stereocenters. The molecule has 2 saturated carbocycles. The molecule has 3 atom stereocenters. The van der Waals surface area contributed by atoms with Crippen LogP contribution in [-0.4, -0.2) is 53.2 Å². The number of alkyl halides is 3. The van der Waals surface area contributed by atoms with Crippen LogP contribution >= 0.6 is 0 Å². The summed E-state index contributed by atoms with van der Waals surface area (Å²) in [4.78, 5) is 29.8. The van der Waals surface area contributed by atoms with Gasteiger partial charge in [-0.25, -0.2) is 18.2 Å². The lowest BCUT2D eigenvalue weighted by molar-refractivity contribution is -0.133. The van der Waals surface area contributed by atoms with Crippen LogP contribution in [0.4, 0.5) is 18.9 Å². The Morgan fingerprint density at radius 3 is 2.67 bits per heavy atom. The summed E-state index contributed by atoms with van der Waals surface area (Å²) in [7, 11) is 1.61. The highest BCUT2D eigenvalue weighted by molar-refractivity contribution is 6.06. The normalized spacial score (nSPS) is 26.9. The summed E-state index contributed by atoms with van der Waals surface area (Å²) in [6.07, 6.45) is 2.21. The molecule has 176 valence electrons. The molecular weight excluding hydrogens is 439 g/mol. The smallest absolute Gasteiger partial charge is 0.274 e. The number of halogens is 3. The molecule has 0 radical (unpaired) electrons. The van der Waals surface area contributed by atoms with Crippen LogP contribution in [-0.2, 0) is 4.79 Å². The topological polar surface area (TPSA) is 103 Å². The number of hydrogen-bond acceptors (Lipinski definition) is 7. The Morgan fingerprint density at radius 1 is 1.39 bits per heavy atom. The molecule has 0 spiro atoms. The maximum atomic E-state index is 13.6. The number of hydrazone groups is 1. The summed E-state index contributed by atoms with van der Waals surface area (Å²) in [6, 6.07) is 1.43. The van der Waals surface area contributed by atoms with Crippen LogP contribution in [0.2, 0.25) is 0 Å². The molecule has 3 aliphatic rings. The highest BCUT2D eigenvalue weighted by Gasteiger charge is 2.49. The van der Waals surface area contributed by atoms with Crippen molar-refractivity contribution >= 4 is 24.1 Å². The molecule has 2 aliphatic carbocycles. The monoisotopic (exact) mass is 463 g/mol. The van der Waals surface area contributed by atoms with E-state index < -0.39 is 35.6 Å². The van der Waals surface area contributed by atoms with Gasteiger partial charge < -0.3 is 20.5 Å². The third-order valence-corrected chi connectivity index (χ3v) is 5.86. The van der Waals surface area contributed by atoms with E-state index in [9.17, 15) is 22.8 Å². The van der Waals surface area contributed by atoms with Crippen LogP contribution in [0, 0.1) is 0 Å². The van der Waals surface area contributed by atoms with Crippen molar-refractivity contribution in [3.05, 3.63) is 52.0 Å². The van der Waals surface area contributed by atoms with Gasteiger partial charge in [0.25, 0.3) is 17.4 Å². The van der Waals surface area contributed by atoms with Gasteiger partial charge in [-0.3, -0.25) is 9.59 Å². The molecule has 0 bridgehead atoms. The molecule has 2 fully saturated rings. The van der Waals surface area contributed by atoms with E-state index in [-0.39, 0.29) is 42.2 Å². The van der Waals surface area contributed by atoms with E-state index in [1.165, 1.54) is 34.8 Å². The Kier molecular flexibility index (Phi) is 5.76. The molecule has 1 aromatic heterocycles. The van der Waals surface area contributed by atoms with Gasteiger partial charge in [0.15, 0.2) is 5.82 Å². The molecule has 1 aliphatic heterocycles. The van der Waals surface area contributed by atoms with Gasteiger partial charge in [-0.15, -0.1) is 0 Å². The number of rotatable bonds is 6. The molecule has 0 saturated heterocycles. The summed E-state index contributed by atoms with van der Waals surface area (Å²) in [6.45, 7) is 4.92. The number of aliphatic imine (C=N–C) groups is 1. The number of carbonyl (C=O) groups is 1. The van der Waals surface area contributed by atoms with E-state index in [1.54, 1.807) is 13.1 Å². The molecule has 12 heteroatoms. The molecule has 3 N–H and O–H groups in total. The number of hydrogen-bond donors (Lipinski definition) is 3. The number of amidine groups is 1. The van der Waals surface area contributed by atoms with Crippen LogP contribution in [0.15, 0.2) is 56.5 Å². The maximum Gasteiger partial charge on any atom is 0.274 e. The first-order valence-corrected chi connectivity index (χ1v) is 10.4. The Bertz CT molecular complexity index is 1140. The van der Waals surface area contributed by atoms with Crippen molar-refractivity contribution in [2.75, 3.05) is 12.4 Å². The standard InChI is InChI=1S/C21H24F3N7O2/c1-11(19(32)28-15-6-7-21(15,23)24)18-29-16(10-17(25-2)31(18)26-3)27-13-5-4-8-30(20(13)33)14-9-12(14)22/h4-5,8,10,12,14-15,25H,3,6-7,9H2,1-2H3,(H,27,29)(H,28,32)/b18-11+/t12-,14-,15-/m0/s1. The summed E-state index contributed by atoms with van der Waals surface area (Å²) in [5.74, 6) is -3.04. The number of nitrogens with zero attached hydrogens (tertiary/aromatic N) is 4. The minimum atomic E-state index is -2.94. The lowest BCUT2D eigenvalue weighted by Crippen LogP contribution is -2.55. The lowest BCUT2D eigenvalue weighted by Gasteiger charge is -2.36. The first-order chi connectivity index (χ1) is 15.7. The average Bonchev–Trinajstić information content (AvgIpc) is 3.52. The van der Waals surface area contributed by atoms with Gasteiger partial charge in [0.2, 0.25) is 0 Å². The van der Waals surface area contributed by atoms with Crippen LogP contribution in [0.3, 0.4) is 0 Å². The van der Waals surface area contributed by atoms with Crippen molar-refractivity contribution in [2.24, 2.45) is 10.1 Å². The van der Waals surface area contributed by atoms with Gasteiger partial charge >= 0.3 is 0 Å². The fourth-order valence-electron chi connectivity index (χ4n) is 3.62. The number of anilines is 1. The second-order valence-electron chi connectivity index (χ2n) is 8.08. The highest BCUT2D eigenvalue weighted by Crippen LogP contribution is 2.38. The predicted molar refractivity (Wildman–Crippen MR) is 118 cm³/mol. The molecule has 0 aromatic carbocycles. The highest BCUT2D eigenvalue weighted by atomic mass is 19.3. The molecule has 1 amide bonds. The summed E-state index contributed by atoms with van der Waals surface area (Å²) < 4.78 is 42.0. The van der Waals surface area contributed by atoms with E-state index in [0.717, 1.165) is 0 Å². The van der Waals surface area contributed by atoms with Gasteiger partial charge in [0.05, 0.1) is 17.7 Å². The molecule has 1 aromatic rings. The average molecular weight is 463 g/mol. The van der Waals surface area contributed by atoms with Crippen molar-refractivity contribution in [1.29, 1.82) is 0 Å². The lowest BCUT2D eigenvalue weighted by atomic mass is 9.87. The number of pyridine rings is 1. The maximum absolute atomic E-state index is 13.6. The number of carbonyl (C=O) groups excluding carboxylic acids is 1. The summed E-state index contributed by atoms with van der Waals surface area (Å²) in [5.41, 5.74) is -0.215. The fourth-order valence-corrected chi connectivity index (χ4v) is 3.62. The fraction of sp³-hybridized carbons (Fsp3) is 0.429. The Hall–Kier alpha value is -3.57. The molecule has 33 heavy (non-hydrogen) atoms. The Balaban J connectivity index is 1.65. The minimum absolute atomic E-state index is 0.0361. The van der Waals surface area contributed by atoms with Crippen LogP contribution in [0.1, 0.15) is 32.2 Å². The van der Waals surface area contributed by atoms with Crippen LogP contribution in [0.25, 0.3) is 0 Å². The van der Waals surface area contributed by atoms with E-state index in [2.05, 4.69) is 32.8 Å². The second-order valence-corrected chi connectivity index (χ2v) is 8.08. The second kappa shape index (κ2) is 8.41. The van der Waals surface area contributed by atoms with Gasteiger partial charge in [-0.05, 0) is 25.5 Å². The van der Waals surface area contributed by atoms with Crippen molar-refractivity contribution in [1.82, 2.24) is 20.2 Å².